The fraction of sp³-hybridized carbons (Fsp3) is 0.692. The normalized spacial score (nSPS) is 57.9. The average molecular weight is 395 g/mol. The second-order valence-electron chi connectivity index (χ2n) is 5.88. The van der Waals surface area contributed by atoms with E-state index in [1.807, 2.05) is 19.1 Å². The van der Waals surface area contributed by atoms with Crippen LogP contribution in [0.15, 0.2) is 22.2 Å². The fourth-order valence-electron chi connectivity index (χ4n) is 4.46. The van der Waals surface area contributed by atoms with E-state index in [0.29, 0.717) is 0 Å². The van der Waals surface area contributed by atoms with Gasteiger partial charge >= 0.3 is 0 Å². The average Bonchev–Trinajstić information content (AvgIpc) is 3.04. The molecule has 2 fully saturated rings. The summed E-state index contributed by atoms with van der Waals surface area (Å²) in [6, 6.07) is 0. The van der Waals surface area contributed by atoms with Gasteiger partial charge in [0.1, 0.15) is 9.75 Å². The molecule has 0 unspecified atom stereocenters. The van der Waals surface area contributed by atoms with Crippen molar-refractivity contribution in [2.75, 3.05) is 0 Å². The van der Waals surface area contributed by atoms with Crippen molar-refractivity contribution in [1.82, 2.24) is 0 Å². The van der Waals surface area contributed by atoms with Crippen molar-refractivity contribution >= 4 is 69.6 Å². The number of fused-ring (bicyclic) bond motifs is 9. The van der Waals surface area contributed by atoms with Crippen LogP contribution in [0.5, 0.6) is 0 Å². The lowest BCUT2D eigenvalue weighted by molar-refractivity contribution is 0.000858. The molecule has 0 spiro atoms. The molecule has 2 aliphatic heterocycles. The first-order chi connectivity index (χ1) is 9.18. The Bertz CT molecular complexity index is 585. The van der Waals surface area contributed by atoms with Crippen LogP contribution in [0, 0.1) is 11.8 Å². The van der Waals surface area contributed by atoms with Crippen LogP contribution in [-0.2, 0) is 4.74 Å². The van der Waals surface area contributed by atoms with Gasteiger partial charge in [-0.2, -0.15) is 0 Å². The standard InChI is InChI=1S/C13H10Cl6O/c1-2-10-4-3-5(20-10)6-7(10)12(17)9(15)8(14)11(6,16)13(12,18)19/h3-7H,2H2,1H3/t5-,6-,7-,10+,11-,12+/m0/s1. The summed E-state index contributed by atoms with van der Waals surface area (Å²) >= 11 is 39.6. The second kappa shape index (κ2) is 3.80. The van der Waals surface area contributed by atoms with Gasteiger partial charge in [-0.1, -0.05) is 65.5 Å². The molecule has 0 radical (unpaired) electrons. The van der Waals surface area contributed by atoms with E-state index >= 15 is 0 Å². The largest absolute Gasteiger partial charge is 0.363 e. The lowest BCUT2D eigenvalue weighted by atomic mass is 9.68. The second-order valence-corrected chi connectivity index (χ2v) is 9.16. The minimum Gasteiger partial charge on any atom is -0.363 e. The van der Waals surface area contributed by atoms with E-state index in [-0.39, 0.29) is 28.0 Å². The van der Waals surface area contributed by atoms with E-state index < -0.39 is 19.7 Å². The molecule has 4 rings (SSSR count). The zero-order valence-corrected chi connectivity index (χ0v) is 14.8. The van der Waals surface area contributed by atoms with Gasteiger partial charge in [0, 0.05) is 11.8 Å². The predicted octanol–water partition coefficient (Wildman–Crippen LogP) is 5.18. The van der Waals surface area contributed by atoms with Crippen LogP contribution in [0.3, 0.4) is 0 Å². The lowest BCUT2D eigenvalue weighted by Gasteiger charge is -2.41. The van der Waals surface area contributed by atoms with Crippen LogP contribution in [0.1, 0.15) is 13.3 Å². The first-order valence-electron chi connectivity index (χ1n) is 6.37. The Morgan fingerprint density at radius 2 is 1.70 bits per heavy atom. The minimum absolute atomic E-state index is 0.184. The summed E-state index contributed by atoms with van der Waals surface area (Å²) in [5.74, 6) is -0.379. The van der Waals surface area contributed by atoms with Crippen molar-refractivity contribution in [1.29, 1.82) is 0 Å². The minimum atomic E-state index is -1.47. The van der Waals surface area contributed by atoms with Crippen molar-refractivity contribution < 1.29 is 4.74 Å². The van der Waals surface area contributed by atoms with E-state index in [1.165, 1.54) is 0 Å². The lowest BCUT2D eigenvalue weighted by Crippen LogP contribution is -2.50. The van der Waals surface area contributed by atoms with Crippen molar-refractivity contribution in [3.63, 3.8) is 0 Å². The fourth-order valence-corrected chi connectivity index (χ4v) is 7.55. The molecular formula is C13H10Cl6O. The highest BCUT2D eigenvalue weighted by Crippen LogP contribution is 2.81. The quantitative estimate of drug-likeness (QED) is 0.439. The van der Waals surface area contributed by atoms with E-state index in [9.17, 15) is 0 Å². The molecule has 7 heteroatoms. The Balaban J connectivity index is 2.03. The Morgan fingerprint density at radius 1 is 1.10 bits per heavy atom. The number of halogens is 6. The molecule has 2 heterocycles. The van der Waals surface area contributed by atoms with E-state index in [4.69, 9.17) is 74.3 Å². The SMILES string of the molecule is CC[C@]12C=C[C@H](O1)[C@H]1[C@@H]2[C@@]2(Cl)C(Cl)=C(Cl)[C@]1(Cl)C2(Cl)Cl. The van der Waals surface area contributed by atoms with E-state index in [2.05, 4.69) is 0 Å². The van der Waals surface area contributed by atoms with Crippen LogP contribution in [0.2, 0.25) is 0 Å². The van der Waals surface area contributed by atoms with E-state index in [1.54, 1.807) is 0 Å². The highest BCUT2D eigenvalue weighted by molar-refractivity contribution is 6.65. The van der Waals surface area contributed by atoms with Crippen LogP contribution >= 0.6 is 69.6 Å². The summed E-state index contributed by atoms with van der Waals surface area (Å²) < 4.78 is 4.66. The molecule has 110 valence electrons. The summed E-state index contributed by atoms with van der Waals surface area (Å²) in [5, 5.41) is 0.498. The Morgan fingerprint density at radius 3 is 2.30 bits per heavy atom. The Labute approximate surface area is 147 Å². The first kappa shape index (κ1) is 14.8. The predicted molar refractivity (Wildman–Crippen MR) is 84.4 cm³/mol. The number of ether oxygens (including phenoxy) is 1. The molecule has 2 aliphatic carbocycles. The smallest absolute Gasteiger partial charge is 0.167 e. The van der Waals surface area contributed by atoms with Gasteiger partial charge in [0.05, 0.1) is 21.8 Å². The maximum atomic E-state index is 6.85. The highest BCUT2D eigenvalue weighted by Gasteiger charge is 2.88. The number of hydrogen-bond donors (Lipinski definition) is 0. The van der Waals surface area contributed by atoms with Gasteiger partial charge in [-0.15, -0.1) is 23.2 Å². The zero-order chi connectivity index (χ0) is 14.7. The molecule has 1 nitrogen and oxygen atoms in total. The summed E-state index contributed by atoms with van der Waals surface area (Å²) in [6.07, 6.45) is 4.59. The van der Waals surface area contributed by atoms with Gasteiger partial charge in [0.25, 0.3) is 0 Å². The number of alkyl halides is 4. The third-order valence-electron chi connectivity index (χ3n) is 5.35. The zero-order valence-electron chi connectivity index (χ0n) is 10.3. The summed E-state index contributed by atoms with van der Waals surface area (Å²) in [7, 11) is 0. The van der Waals surface area contributed by atoms with Crippen molar-refractivity contribution in [3.05, 3.63) is 22.2 Å². The molecule has 20 heavy (non-hydrogen) atoms. The van der Waals surface area contributed by atoms with Crippen molar-refractivity contribution in [2.24, 2.45) is 11.8 Å². The number of rotatable bonds is 1. The molecular weight excluding hydrogens is 385 g/mol. The van der Waals surface area contributed by atoms with Crippen molar-refractivity contribution in [2.45, 2.75) is 39.1 Å². The molecule has 1 saturated carbocycles. The van der Waals surface area contributed by atoms with Crippen molar-refractivity contribution in [3.8, 4) is 0 Å². The molecule has 1 saturated heterocycles. The molecule has 4 aliphatic rings. The molecule has 0 amide bonds. The molecule has 6 atom stereocenters. The van der Waals surface area contributed by atoms with Gasteiger partial charge in [0.15, 0.2) is 4.33 Å². The molecule has 0 aromatic rings. The number of allylic oxidation sites excluding steroid dienone is 2. The van der Waals surface area contributed by atoms with Gasteiger partial charge in [0.2, 0.25) is 0 Å². The van der Waals surface area contributed by atoms with Crippen LogP contribution in [-0.4, -0.2) is 25.8 Å². The third-order valence-corrected chi connectivity index (χ3v) is 9.62. The summed E-state index contributed by atoms with van der Waals surface area (Å²) in [6.45, 7) is 2.03. The molecule has 0 aromatic carbocycles. The van der Waals surface area contributed by atoms with Crippen LogP contribution < -0.4 is 0 Å². The van der Waals surface area contributed by atoms with Gasteiger partial charge in [-0.3, -0.25) is 0 Å². The van der Waals surface area contributed by atoms with Gasteiger partial charge < -0.3 is 4.74 Å². The third kappa shape index (κ3) is 1.12. The van der Waals surface area contributed by atoms with E-state index in [0.717, 1.165) is 6.42 Å². The first-order valence-corrected chi connectivity index (χ1v) is 8.64. The highest BCUT2D eigenvalue weighted by atomic mass is 35.5. The van der Waals surface area contributed by atoms with Crippen LogP contribution in [0.4, 0.5) is 0 Å². The maximum absolute atomic E-state index is 6.85. The maximum Gasteiger partial charge on any atom is 0.167 e. The van der Waals surface area contributed by atoms with Gasteiger partial charge in [-0.25, -0.2) is 0 Å². The molecule has 0 N–H and O–H groups in total. The Hall–Kier alpha value is 1.18. The monoisotopic (exact) mass is 392 g/mol. The molecule has 4 bridgehead atoms. The van der Waals surface area contributed by atoms with Gasteiger partial charge in [-0.05, 0) is 6.42 Å². The molecule has 0 aromatic heterocycles. The topological polar surface area (TPSA) is 9.23 Å². The number of hydrogen-bond acceptors (Lipinski definition) is 1. The summed E-state index contributed by atoms with van der Waals surface area (Å²) in [5.41, 5.74) is -0.527. The Kier molecular flexibility index (Phi) is 2.81. The summed E-state index contributed by atoms with van der Waals surface area (Å²) in [4.78, 5) is -2.44. The van der Waals surface area contributed by atoms with Crippen LogP contribution in [0.25, 0.3) is 0 Å².